The van der Waals surface area contributed by atoms with Crippen LogP contribution >= 0.6 is 0 Å². The summed E-state index contributed by atoms with van der Waals surface area (Å²) in [4.78, 5) is 11.6. The first kappa shape index (κ1) is 12.2. The molecule has 0 N–H and O–H groups in total. The maximum atomic E-state index is 9.89. The van der Waals surface area contributed by atoms with Gasteiger partial charge in [0.1, 0.15) is 0 Å². The lowest BCUT2D eigenvalue weighted by Crippen LogP contribution is -2.16. The summed E-state index contributed by atoms with van der Waals surface area (Å²) in [5.74, 6) is 0. The van der Waals surface area contributed by atoms with Crippen molar-refractivity contribution in [3.8, 4) is 0 Å². The molecule has 0 atom stereocenters. The van der Waals surface area contributed by atoms with E-state index in [1.165, 1.54) is 0 Å². The van der Waals surface area contributed by atoms with Crippen molar-refractivity contribution in [3.05, 3.63) is 12.2 Å². The van der Waals surface area contributed by atoms with E-state index in [4.69, 9.17) is 4.74 Å². The summed E-state index contributed by atoms with van der Waals surface area (Å²) in [5, 5.41) is 0. The molecule has 0 unspecified atom stereocenters. The number of nitrogens with zero attached hydrogens (tertiary/aromatic N) is 1. The van der Waals surface area contributed by atoms with Crippen molar-refractivity contribution in [1.29, 1.82) is 0 Å². The van der Waals surface area contributed by atoms with E-state index in [2.05, 4.69) is 0 Å². The number of hydrogen-bond acceptors (Lipinski definition) is 2. The second kappa shape index (κ2) is 5.75. The second-order valence-corrected chi connectivity index (χ2v) is 3.85. The molecular formula is C10H19NO2. The number of hydrogen-bond donors (Lipinski definition) is 0. The van der Waals surface area contributed by atoms with Crippen LogP contribution < -0.4 is 0 Å². The molecule has 0 radical (unpaired) electrons. The summed E-state index contributed by atoms with van der Waals surface area (Å²) in [6, 6.07) is 0. The van der Waals surface area contributed by atoms with E-state index in [0.717, 1.165) is 19.5 Å². The number of rotatable bonds is 1. The molecule has 76 valence electrons. The summed E-state index contributed by atoms with van der Waals surface area (Å²) in [6.45, 7) is 7.65. The molecule has 1 rings (SSSR count). The Labute approximate surface area is 80.4 Å². The summed E-state index contributed by atoms with van der Waals surface area (Å²) in [5.41, 5.74) is 0.0417. The van der Waals surface area contributed by atoms with E-state index in [1.54, 1.807) is 12.0 Å². The summed E-state index contributed by atoms with van der Waals surface area (Å²) in [7, 11) is 1.71. The molecule has 0 spiro atoms. The summed E-state index contributed by atoms with van der Waals surface area (Å²) in [6.07, 6.45) is 4.82. The van der Waals surface area contributed by atoms with Crippen LogP contribution in [-0.4, -0.2) is 37.1 Å². The zero-order chi connectivity index (χ0) is 10.3. The van der Waals surface area contributed by atoms with Gasteiger partial charge in [-0.2, -0.15) is 0 Å². The van der Waals surface area contributed by atoms with Gasteiger partial charge < -0.3 is 9.64 Å². The fraction of sp³-hybridized carbons (Fsp3) is 0.700. The van der Waals surface area contributed by atoms with Crippen molar-refractivity contribution in [1.82, 2.24) is 4.90 Å². The predicted molar refractivity (Wildman–Crippen MR) is 53.5 cm³/mol. The highest BCUT2D eigenvalue weighted by atomic mass is 16.5. The normalized spacial score (nSPS) is 15.2. The van der Waals surface area contributed by atoms with Gasteiger partial charge in [0.05, 0.1) is 5.60 Å². The highest BCUT2D eigenvalue weighted by Crippen LogP contribution is 2.02. The van der Waals surface area contributed by atoms with E-state index in [0.29, 0.717) is 0 Å². The van der Waals surface area contributed by atoms with E-state index in [-0.39, 0.29) is 5.60 Å². The van der Waals surface area contributed by atoms with Crippen molar-refractivity contribution in [3.63, 3.8) is 0 Å². The number of ether oxygens (including phenoxy) is 1. The Hall–Kier alpha value is -0.830. The van der Waals surface area contributed by atoms with Crippen LogP contribution in [0.2, 0.25) is 0 Å². The molecule has 0 aliphatic carbocycles. The van der Waals surface area contributed by atoms with E-state index < -0.39 is 0 Å². The quantitative estimate of drug-likeness (QED) is 0.457. The minimum absolute atomic E-state index is 0.0417. The van der Waals surface area contributed by atoms with Crippen LogP contribution in [0.3, 0.4) is 0 Å². The molecule has 1 aliphatic rings. The van der Waals surface area contributed by atoms with Crippen LogP contribution in [0.1, 0.15) is 20.8 Å². The lowest BCUT2D eigenvalue weighted by Gasteiger charge is -2.14. The second-order valence-electron chi connectivity index (χ2n) is 3.85. The van der Waals surface area contributed by atoms with Crippen molar-refractivity contribution in [2.75, 3.05) is 20.2 Å². The van der Waals surface area contributed by atoms with Gasteiger partial charge >= 0.3 is 0 Å². The van der Waals surface area contributed by atoms with Gasteiger partial charge in [-0.1, -0.05) is 12.2 Å². The molecule has 3 heteroatoms. The number of carbonyl (C=O) groups excluding carboxylic acids is 1. The monoisotopic (exact) mass is 185 g/mol. The first-order chi connectivity index (χ1) is 5.99. The number of carbonyl (C=O) groups is 1. The number of methoxy groups -OCH3 is 1. The molecule has 1 amide bonds. The standard InChI is InChI=1S/C5H7NO.C5H12O/c7-5-6-3-1-2-4-6;1-5(2,3)6-4/h1-2,5H,3-4H2;1-4H3. The Balaban J connectivity index is 0.000000226. The molecule has 0 saturated carbocycles. The van der Waals surface area contributed by atoms with Gasteiger partial charge in [0.15, 0.2) is 0 Å². The van der Waals surface area contributed by atoms with Gasteiger partial charge in [-0.3, -0.25) is 4.79 Å². The third kappa shape index (κ3) is 7.53. The molecule has 0 aromatic rings. The minimum atomic E-state index is 0.0417. The first-order valence-electron chi connectivity index (χ1n) is 4.39. The molecule has 0 aromatic heterocycles. The van der Waals surface area contributed by atoms with Crippen LogP contribution in [0.15, 0.2) is 12.2 Å². The predicted octanol–water partition coefficient (Wildman–Crippen LogP) is 1.45. The zero-order valence-electron chi connectivity index (χ0n) is 8.91. The molecule has 3 nitrogen and oxygen atoms in total. The molecule has 0 fully saturated rings. The topological polar surface area (TPSA) is 29.5 Å². The Morgan fingerprint density at radius 3 is 1.85 bits per heavy atom. The molecule has 13 heavy (non-hydrogen) atoms. The van der Waals surface area contributed by atoms with Crippen LogP contribution in [-0.2, 0) is 9.53 Å². The Kier molecular flexibility index (Phi) is 5.39. The van der Waals surface area contributed by atoms with Gasteiger partial charge in [0.25, 0.3) is 0 Å². The third-order valence-electron chi connectivity index (χ3n) is 1.61. The highest BCUT2D eigenvalue weighted by molar-refractivity contribution is 5.48. The lowest BCUT2D eigenvalue weighted by molar-refractivity contribution is -0.116. The smallest absolute Gasteiger partial charge is 0.210 e. The van der Waals surface area contributed by atoms with Gasteiger partial charge in [0, 0.05) is 20.2 Å². The van der Waals surface area contributed by atoms with Crippen molar-refractivity contribution >= 4 is 6.41 Å². The maximum absolute atomic E-state index is 9.89. The molecule has 1 aliphatic heterocycles. The van der Waals surface area contributed by atoms with Crippen LogP contribution in [0.4, 0.5) is 0 Å². The zero-order valence-corrected chi connectivity index (χ0v) is 8.91. The lowest BCUT2D eigenvalue weighted by atomic mass is 10.2. The van der Waals surface area contributed by atoms with E-state index >= 15 is 0 Å². The molecular weight excluding hydrogens is 166 g/mol. The highest BCUT2D eigenvalue weighted by Gasteiger charge is 2.04. The Bertz CT molecular complexity index is 162. The Morgan fingerprint density at radius 1 is 1.31 bits per heavy atom. The first-order valence-corrected chi connectivity index (χ1v) is 4.39. The summed E-state index contributed by atoms with van der Waals surface area (Å²) >= 11 is 0. The van der Waals surface area contributed by atoms with Crippen LogP contribution in [0.25, 0.3) is 0 Å². The van der Waals surface area contributed by atoms with Crippen LogP contribution in [0, 0.1) is 0 Å². The molecule has 0 aromatic carbocycles. The average Bonchev–Trinajstić information content (AvgIpc) is 2.56. The van der Waals surface area contributed by atoms with Gasteiger partial charge in [-0.15, -0.1) is 0 Å². The largest absolute Gasteiger partial charge is 0.379 e. The number of amides is 1. The Morgan fingerprint density at radius 2 is 1.69 bits per heavy atom. The molecule has 0 bridgehead atoms. The van der Waals surface area contributed by atoms with Gasteiger partial charge in [-0.25, -0.2) is 0 Å². The fourth-order valence-corrected chi connectivity index (χ4v) is 0.580. The van der Waals surface area contributed by atoms with Crippen molar-refractivity contribution in [2.24, 2.45) is 0 Å². The van der Waals surface area contributed by atoms with E-state index in [1.807, 2.05) is 32.9 Å². The average molecular weight is 185 g/mol. The van der Waals surface area contributed by atoms with Crippen molar-refractivity contribution < 1.29 is 9.53 Å². The van der Waals surface area contributed by atoms with Gasteiger partial charge in [0.2, 0.25) is 6.41 Å². The van der Waals surface area contributed by atoms with Crippen molar-refractivity contribution in [2.45, 2.75) is 26.4 Å². The fourth-order valence-electron chi connectivity index (χ4n) is 0.580. The SMILES string of the molecule is COC(C)(C)C.O=CN1CC=CC1. The maximum Gasteiger partial charge on any atom is 0.210 e. The molecule has 1 heterocycles. The third-order valence-corrected chi connectivity index (χ3v) is 1.61. The van der Waals surface area contributed by atoms with E-state index in [9.17, 15) is 4.79 Å². The minimum Gasteiger partial charge on any atom is -0.379 e. The van der Waals surface area contributed by atoms with Crippen LogP contribution in [0.5, 0.6) is 0 Å². The summed E-state index contributed by atoms with van der Waals surface area (Å²) < 4.78 is 4.94. The van der Waals surface area contributed by atoms with Gasteiger partial charge in [-0.05, 0) is 20.8 Å². The molecule has 0 saturated heterocycles.